The fourth-order valence-electron chi connectivity index (χ4n) is 3.97. The number of likely N-dealkylation sites (tertiary alicyclic amines) is 1. The van der Waals surface area contributed by atoms with Crippen LogP contribution in [0.25, 0.3) is 11.5 Å². The molecule has 0 N–H and O–H groups in total. The third-order valence-corrected chi connectivity index (χ3v) is 5.57. The predicted octanol–water partition coefficient (Wildman–Crippen LogP) is 4.12. The van der Waals surface area contributed by atoms with Crippen molar-refractivity contribution >= 4 is 11.6 Å². The maximum atomic E-state index is 13.0. The number of nitrogens with zero attached hydrogens (tertiary/aromatic N) is 5. The molecule has 1 aliphatic rings. The molecule has 4 rings (SSSR count). The maximum absolute atomic E-state index is 13.0. The molecule has 1 unspecified atom stereocenters. The lowest BCUT2D eigenvalue weighted by molar-refractivity contribution is -0.132. The number of anilines is 1. The van der Waals surface area contributed by atoms with Crippen LogP contribution in [0.15, 0.2) is 67.0 Å². The largest absolute Gasteiger partial charge is 0.375 e. The minimum absolute atomic E-state index is 0.0230. The number of pyridine rings is 1. The van der Waals surface area contributed by atoms with Gasteiger partial charge in [-0.2, -0.15) is 0 Å². The van der Waals surface area contributed by atoms with E-state index >= 15 is 0 Å². The Morgan fingerprint density at radius 2 is 1.90 bits per heavy atom. The molecule has 0 bridgehead atoms. The Bertz CT molecular complexity index is 964. The SMILES string of the molecule is CN(CCCC(=O)N1CCCC1c1ccnc(-c2ccccn2)n1)c1ccccc1. The van der Waals surface area contributed by atoms with Crippen molar-refractivity contribution in [2.75, 3.05) is 25.0 Å². The first-order chi connectivity index (χ1) is 14.7. The number of benzene rings is 1. The van der Waals surface area contributed by atoms with Gasteiger partial charge in [-0.05, 0) is 49.6 Å². The molecule has 0 spiro atoms. The van der Waals surface area contributed by atoms with E-state index in [0.717, 1.165) is 43.7 Å². The van der Waals surface area contributed by atoms with E-state index in [1.165, 1.54) is 5.69 Å². The molecule has 6 nitrogen and oxygen atoms in total. The van der Waals surface area contributed by atoms with E-state index in [1.807, 2.05) is 47.4 Å². The van der Waals surface area contributed by atoms with E-state index in [1.54, 1.807) is 12.4 Å². The van der Waals surface area contributed by atoms with Gasteiger partial charge >= 0.3 is 0 Å². The summed E-state index contributed by atoms with van der Waals surface area (Å²) in [5.41, 5.74) is 2.82. The van der Waals surface area contributed by atoms with E-state index in [0.29, 0.717) is 12.2 Å². The fraction of sp³-hybridized carbons (Fsp3) is 0.333. The minimum Gasteiger partial charge on any atom is -0.375 e. The third kappa shape index (κ3) is 4.64. The van der Waals surface area contributed by atoms with Crippen LogP contribution in [0.4, 0.5) is 5.69 Å². The normalized spacial score (nSPS) is 15.9. The summed E-state index contributed by atoms with van der Waals surface area (Å²) in [6, 6.07) is 17.9. The Labute approximate surface area is 177 Å². The summed E-state index contributed by atoms with van der Waals surface area (Å²) in [7, 11) is 2.07. The lowest BCUT2D eigenvalue weighted by atomic mass is 10.1. The van der Waals surface area contributed by atoms with Gasteiger partial charge in [-0.1, -0.05) is 24.3 Å². The zero-order valence-corrected chi connectivity index (χ0v) is 17.3. The van der Waals surface area contributed by atoms with E-state index in [9.17, 15) is 4.79 Å². The molecule has 2 aromatic heterocycles. The van der Waals surface area contributed by atoms with Crippen molar-refractivity contribution in [2.24, 2.45) is 0 Å². The summed E-state index contributed by atoms with van der Waals surface area (Å²) < 4.78 is 0. The first kappa shape index (κ1) is 20.0. The van der Waals surface area contributed by atoms with Gasteiger partial charge in [0, 0.05) is 44.6 Å². The number of rotatable bonds is 7. The van der Waals surface area contributed by atoms with E-state index in [2.05, 4.69) is 34.0 Å². The average molecular weight is 402 g/mol. The molecule has 30 heavy (non-hydrogen) atoms. The monoisotopic (exact) mass is 401 g/mol. The highest BCUT2D eigenvalue weighted by Gasteiger charge is 2.30. The molecular weight excluding hydrogens is 374 g/mol. The van der Waals surface area contributed by atoms with Gasteiger partial charge in [0.1, 0.15) is 5.69 Å². The molecule has 6 heteroatoms. The van der Waals surface area contributed by atoms with Crippen LogP contribution in [-0.2, 0) is 4.79 Å². The minimum atomic E-state index is 0.0230. The topological polar surface area (TPSA) is 62.2 Å². The summed E-state index contributed by atoms with van der Waals surface area (Å²) in [4.78, 5) is 30.6. The van der Waals surface area contributed by atoms with Crippen molar-refractivity contribution < 1.29 is 4.79 Å². The Morgan fingerprint density at radius 3 is 2.70 bits per heavy atom. The van der Waals surface area contributed by atoms with Crippen molar-refractivity contribution in [3.8, 4) is 11.5 Å². The van der Waals surface area contributed by atoms with Crippen LogP contribution in [0, 0.1) is 0 Å². The number of carbonyl (C=O) groups is 1. The summed E-state index contributed by atoms with van der Waals surface area (Å²) in [5, 5.41) is 0. The lowest BCUT2D eigenvalue weighted by Crippen LogP contribution is -2.31. The van der Waals surface area contributed by atoms with Crippen LogP contribution in [0.1, 0.15) is 37.4 Å². The standard InChI is InChI=1S/C24H27N5O/c1-28(19-9-3-2-4-10-19)17-8-13-23(30)29-18-7-12-22(29)20-14-16-26-24(27-20)21-11-5-6-15-25-21/h2-6,9-11,14-16,22H,7-8,12-13,17-18H2,1H3. The summed E-state index contributed by atoms with van der Waals surface area (Å²) in [5.74, 6) is 0.814. The highest BCUT2D eigenvalue weighted by atomic mass is 16.2. The van der Waals surface area contributed by atoms with Crippen molar-refractivity contribution in [2.45, 2.75) is 31.7 Å². The van der Waals surface area contributed by atoms with Gasteiger partial charge in [0.15, 0.2) is 5.82 Å². The van der Waals surface area contributed by atoms with Crippen molar-refractivity contribution in [3.05, 3.63) is 72.7 Å². The fourth-order valence-corrected chi connectivity index (χ4v) is 3.97. The number of hydrogen-bond acceptors (Lipinski definition) is 5. The molecule has 0 aliphatic carbocycles. The van der Waals surface area contributed by atoms with Crippen LogP contribution in [0.2, 0.25) is 0 Å². The molecule has 1 aliphatic heterocycles. The molecule has 154 valence electrons. The summed E-state index contributed by atoms with van der Waals surface area (Å²) in [6.45, 7) is 1.65. The Kier molecular flexibility index (Phi) is 6.32. The first-order valence-electron chi connectivity index (χ1n) is 10.5. The molecule has 1 amide bonds. The van der Waals surface area contributed by atoms with Crippen molar-refractivity contribution in [1.82, 2.24) is 19.9 Å². The third-order valence-electron chi connectivity index (χ3n) is 5.57. The van der Waals surface area contributed by atoms with Gasteiger partial charge in [0.2, 0.25) is 5.91 Å². The number of hydrogen-bond donors (Lipinski definition) is 0. The Hall–Kier alpha value is -3.28. The average Bonchev–Trinajstić information content (AvgIpc) is 3.30. The molecule has 1 atom stereocenters. The summed E-state index contributed by atoms with van der Waals surface area (Å²) in [6.07, 6.45) is 6.82. The molecule has 1 saturated heterocycles. The molecule has 0 radical (unpaired) electrons. The second-order valence-electron chi connectivity index (χ2n) is 7.63. The lowest BCUT2D eigenvalue weighted by Gasteiger charge is -2.25. The van der Waals surface area contributed by atoms with Crippen LogP contribution < -0.4 is 4.90 Å². The highest BCUT2D eigenvalue weighted by Crippen LogP contribution is 2.32. The quantitative estimate of drug-likeness (QED) is 0.596. The number of aromatic nitrogens is 3. The van der Waals surface area contributed by atoms with E-state index in [4.69, 9.17) is 4.98 Å². The zero-order valence-electron chi connectivity index (χ0n) is 17.3. The summed E-state index contributed by atoms with van der Waals surface area (Å²) >= 11 is 0. The Morgan fingerprint density at radius 1 is 1.07 bits per heavy atom. The zero-order chi connectivity index (χ0) is 20.8. The van der Waals surface area contributed by atoms with Gasteiger partial charge in [0.05, 0.1) is 11.7 Å². The predicted molar refractivity (Wildman–Crippen MR) is 118 cm³/mol. The van der Waals surface area contributed by atoms with Crippen molar-refractivity contribution in [3.63, 3.8) is 0 Å². The molecule has 1 aromatic carbocycles. The van der Waals surface area contributed by atoms with Gasteiger partial charge < -0.3 is 9.80 Å². The molecule has 0 saturated carbocycles. The van der Waals surface area contributed by atoms with Gasteiger partial charge in [0.25, 0.3) is 0 Å². The first-order valence-corrected chi connectivity index (χ1v) is 10.5. The van der Waals surface area contributed by atoms with Crippen molar-refractivity contribution in [1.29, 1.82) is 0 Å². The van der Waals surface area contributed by atoms with Gasteiger partial charge in [-0.15, -0.1) is 0 Å². The maximum Gasteiger partial charge on any atom is 0.223 e. The molecule has 3 aromatic rings. The number of para-hydroxylation sites is 1. The second-order valence-corrected chi connectivity index (χ2v) is 7.63. The van der Waals surface area contributed by atoms with Gasteiger partial charge in [-0.3, -0.25) is 9.78 Å². The molecule has 1 fully saturated rings. The number of carbonyl (C=O) groups excluding carboxylic acids is 1. The van der Waals surface area contributed by atoms with Crippen LogP contribution in [-0.4, -0.2) is 45.9 Å². The highest BCUT2D eigenvalue weighted by molar-refractivity contribution is 5.77. The smallest absolute Gasteiger partial charge is 0.223 e. The second kappa shape index (κ2) is 9.48. The molecule has 3 heterocycles. The van der Waals surface area contributed by atoms with Crippen LogP contribution in [0.3, 0.4) is 0 Å². The van der Waals surface area contributed by atoms with E-state index in [-0.39, 0.29) is 11.9 Å². The van der Waals surface area contributed by atoms with Crippen LogP contribution in [0.5, 0.6) is 0 Å². The van der Waals surface area contributed by atoms with E-state index < -0.39 is 0 Å². The number of amides is 1. The van der Waals surface area contributed by atoms with Crippen LogP contribution >= 0.6 is 0 Å². The Balaban J connectivity index is 1.38. The molecular formula is C24H27N5O. The van der Waals surface area contributed by atoms with Gasteiger partial charge in [-0.25, -0.2) is 9.97 Å².